The van der Waals surface area contributed by atoms with Gasteiger partial charge in [-0.15, -0.1) is 10.2 Å². The molecule has 3 aromatic rings. The molecule has 0 amide bonds. The van der Waals surface area contributed by atoms with Gasteiger partial charge >= 0.3 is 5.56 Å². The molecule has 7 heteroatoms. The third-order valence-corrected chi connectivity index (χ3v) is 3.88. The van der Waals surface area contributed by atoms with E-state index in [9.17, 15) is 4.79 Å². The van der Waals surface area contributed by atoms with Gasteiger partial charge in [-0.2, -0.15) is 9.78 Å². The molecule has 0 saturated heterocycles. The van der Waals surface area contributed by atoms with E-state index >= 15 is 0 Å². The van der Waals surface area contributed by atoms with Gasteiger partial charge in [-0.3, -0.25) is 4.79 Å². The molecule has 0 aliphatic rings. The zero-order valence-electron chi connectivity index (χ0n) is 12.6. The molecule has 0 unspecified atom stereocenters. The Kier molecular flexibility index (Phi) is 4.74. The Balaban J connectivity index is 2.05. The highest BCUT2D eigenvalue weighted by Gasteiger charge is 2.10. The fourth-order valence-corrected chi connectivity index (χ4v) is 2.55. The predicted molar refractivity (Wildman–Crippen MR) is 95.9 cm³/mol. The Morgan fingerprint density at radius 3 is 2.54 bits per heavy atom. The third kappa shape index (κ3) is 3.37. The Morgan fingerprint density at radius 2 is 1.83 bits per heavy atom. The first-order chi connectivity index (χ1) is 11.6. The maximum absolute atomic E-state index is 12.6. The van der Waals surface area contributed by atoms with E-state index in [1.807, 2.05) is 18.2 Å². The summed E-state index contributed by atoms with van der Waals surface area (Å²) in [5.74, 6) is 0.376. The van der Waals surface area contributed by atoms with E-state index in [0.29, 0.717) is 27.0 Å². The van der Waals surface area contributed by atoms with E-state index < -0.39 is 0 Å². The van der Waals surface area contributed by atoms with Crippen LogP contribution in [0.2, 0.25) is 10.0 Å². The van der Waals surface area contributed by atoms with Crippen LogP contribution in [-0.4, -0.2) is 21.1 Å². The van der Waals surface area contributed by atoms with Gasteiger partial charge in [0.2, 0.25) is 0 Å². The fourth-order valence-electron chi connectivity index (χ4n) is 2.09. The highest BCUT2D eigenvalue weighted by atomic mass is 35.5. The zero-order chi connectivity index (χ0) is 17.1. The maximum Gasteiger partial charge on any atom is 0.301 e. The molecular weight excluding hydrogens is 347 g/mol. The monoisotopic (exact) mass is 358 g/mol. The summed E-state index contributed by atoms with van der Waals surface area (Å²) < 4.78 is 1.19. The second-order valence-electron chi connectivity index (χ2n) is 4.99. The van der Waals surface area contributed by atoms with E-state index in [2.05, 4.69) is 15.3 Å². The van der Waals surface area contributed by atoms with Crippen molar-refractivity contribution in [2.24, 2.45) is 5.10 Å². The van der Waals surface area contributed by atoms with Gasteiger partial charge in [0.25, 0.3) is 0 Å². The van der Waals surface area contributed by atoms with Crippen molar-refractivity contribution in [2.75, 3.05) is 0 Å². The Hall–Kier alpha value is -2.50. The lowest BCUT2D eigenvalue weighted by molar-refractivity contribution is 0.717. The summed E-state index contributed by atoms with van der Waals surface area (Å²) in [6.07, 6.45) is 1.49. The van der Waals surface area contributed by atoms with E-state index in [-0.39, 0.29) is 11.3 Å². The lowest BCUT2D eigenvalue weighted by Crippen LogP contribution is -2.24. The molecule has 3 rings (SSSR count). The lowest BCUT2D eigenvalue weighted by atomic mass is 10.2. The van der Waals surface area contributed by atoms with Crippen molar-refractivity contribution in [1.29, 1.82) is 0 Å². The first kappa shape index (κ1) is 16.4. The summed E-state index contributed by atoms with van der Waals surface area (Å²) in [4.78, 5) is 12.6. The molecule has 1 heterocycles. The van der Waals surface area contributed by atoms with Crippen LogP contribution >= 0.6 is 23.2 Å². The average molecular weight is 359 g/mol. The molecule has 0 bridgehead atoms. The highest BCUT2D eigenvalue weighted by Crippen LogP contribution is 2.19. The molecule has 0 atom stereocenters. The minimum absolute atomic E-state index is 0.237. The third-order valence-electron chi connectivity index (χ3n) is 3.32. The predicted octanol–water partition coefficient (Wildman–Crippen LogP) is 3.80. The van der Waals surface area contributed by atoms with Crippen LogP contribution in [0.1, 0.15) is 11.4 Å². The maximum atomic E-state index is 12.6. The van der Waals surface area contributed by atoms with Gasteiger partial charge in [0.1, 0.15) is 0 Å². The van der Waals surface area contributed by atoms with Crippen molar-refractivity contribution in [2.45, 2.75) is 6.92 Å². The van der Waals surface area contributed by atoms with Crippen molar-refractivity contribution in [3.05, 3.63) is 80.3 Å². The van der Waals surface area contributed by atoms with Crippen LogP contribution in [0.3, 0.4) is 0 Å². The van der Waals surface area contributed by atoms with Crippen molar-refractivity contribution in [1.82, 2.24) is 14.9 Å². The molecule has 0 aliphatic carbocycles. The minimum Gasteiger partial charge on any atom is -0.265 e. The van der Waals surface area contributed by atoms with E-state index in [0.717, 1.165) is 0 Å². The van der Waals surface area contributed by atoms with Crippen molar-refractivity contribution in [3.8, 4) is 11.3 Å². The lowest BCUT2D eigenvalue weighted by Gasteiger charge is -2.05. The topological polar surface area (TPSA) is 60.1 Å². The van der Waals surface area contributed by atoms with Gasteiger partial charge in [-0.1, -0.05) is 59.6 Å². The number of hydrogen-bond donors (Lipinski definition) is 0. The summed E-state index contributed by atoms with van der Waals surface area (Å²) in [5, 5.41) is 13.2. The van der Waals surface area contributed by atoms with Gasteiger partial charge in [-0.25, -0.2) is 0 Å². The normalized spacial score (nSPS) is 11.1. The first-order valence-electron chi connectivity index (χ1n) is 7.07. The number of halogens is 2. The van der Waals surface area contributed by atoms with Gasteiger partial charge in [0.05, 0.1) is 11.2 Å². The standard InChI is InChI=1S/C17H12Cl2N4O/c1-11-21-22-16(12-5-3-2-4-6-12)17(24)23(11)20-10-13-7-8-14(18)9-15(13)19/h2-10H,1H3/b20-10+. The number of hydrogen-bond acceptors (Lipinski definition) is 4. The van der Waals surface area contributed by atoms with Crippen LogP contribution in [-0.2, 0) is 0 Å². The van der Waals surface area contributed by atoms with E-state index in [4.69, 9.17) is 23.2 Å². The Morgan fingerprint density at radius 1 is 1.08 bits per heavy atom. The number of aryl methyl sites for hydroxylation is 1. The SMILES string of the molecule is Cc1nnc(-c2ccccc2)c(=O)n1/N=C/c1ccc(Cl)cc1Cl. The summed E-state index contributed by atoms with van der Waals surface area (Å²) in [5.41, 5.74) is 1.21. The Bertz CT molecular complexity index is 968. The first-order valence-corrected chi connectivity index (χ1v) is 7.83. The smallest absolute Gasteiger partial charge is 0.265 e. The summed E-state index contributed by atoms with van der Waals surface area (Å²) >= 11 is 12.0. The van der Waals surface area contributed by atoms with Crippen molar-refractivity contribution < 1.29 is 0 Å². The molecule has 0 saturated carbocycles. The van der Waals surface area contributed by atoms with Crippen LogP contribution in [0.4, 0.5) is 0 Å². The molecule has 2 aromatic carbocycles. The van der Waals surface area contributed by atoms with Crippen molar-refractivity contribution >= 4 is 29.4 Å². The largest absolute Gasteiger partial charge is 0.301 e. The molecular formula is C17H12Cl2N4O. The van der Waals surface area contributed by atoms with Gasteiger partial charge < -0.3 is 0 Å². The van der Waals surface area contributed by atoms with E-state index in [1.54, 1.807) is 37.3 Å². The van der Waals surface area contributed by atoms with Gasteiger partial charge in [-0.05, 0) is 19.1 Å². The molecule has 120 valence electrons. The van der Waals surface area contributed by atoms with Crippen LogP contribution < -0.4 is 5.56 Å². The quantitative estimate of drug-likeness (QED) is 0.669. The van der Waals surface area contributed by atoms with Gasteiger partial charge in [0.15, 0.2) is 11.5 Å². The number of nitrogens with zero attached hydrogens (tertiary/aromatic N) is 4. The molecule has 0 N–H and O–H groups in total. The van der Waals surface area contributed by atoms with Gasteiger partial charge in [0, 0.05) is 16.1 Å². The fraction of sp³-hybridized carbons (Fsp3) is 0.0588. The second-order valence-corrected chi connectivity index (χ2v) is 5.83. The van der Waals surface area contributed by atoms with Crippen LogP contribution in [0.25, 0.3) is 11.3 Å². The van der Waals surface area contributed by atoms with Crippen molar-refractivity contribution in [3.63, 3.8) is 0 Å². The summed E-state index contributed by atoms with van der Waals surface area (Å²) in [6, 6.07) is 14.2. The number of rotatable bonds is 3. The molecule has 24 heavy (non-hydrogen) atoms. The van der Waals surface area contributed by atoms with Crippen LogP contribution in [0, 0.1) is 6.92 Å². The van der Waals surface area contributed by atoms with Crippen LogP contribution in [0.15, 0.2) is 58.4 Å². The highest BCUT2D eigenvalue weighted by molar-refractivity contribution is 6.36. The molecule has 0 radical (unpaired) electrons. The minimum atomic E-state index is -0.352. The summed E-state index contributed by atoms with van der Waals surface area (Å²) in [7, 11) is 0. The zero-order valence-corrected chi connectivity index (χ0v) is 14.2. The Labute approximate surface area is 148 Å². The second kappa shape index (κ2) is 6.95. The molecule has 1 aromatic heterocycles. The molecule has 0 aliphatic heterocycles. The molecule has 0 spiro atoms. The van der Waals surface area contributed by atoms with E-state index in [1.165, 1.54) is 10.9 Å². The number of benzene rings is 2. The average Bonchev–Trinajstić information content (AvgIpc) is 2.57. The molecule has 5 nitrogen and oxygen atoms in total. The molecule has 0 fully saturated rings. The summed E-state index contributed by atoms with van der Waals surface area (Å²) in [6.45, 7) is 1.66. The van der Waals surface area contributed by atoms with Crippen LogP contribution in [0.5, 0.6) is 0 Å². The number of aromatic nitrogens is 3.